The maximum atomic E-state index is 2.33. The minimum atomic E-state index is 0.805. The lowest BCUT2D eigenvalue weighted by Gasteiger charge is -2.13. The molecule has 0 saturated heterocycles. The average molecular weight is 176 g/mol. The summed E-state index contributed by atoms with van der Waals surface area (Å²) in [5, 5.41) is 0. The zero-order valence-electron chi connectivity index (χ0n) is 9.22. The first kappa shape index (κ1) is 10.3. The van der Waals surface area contributed by atoms with Crippen molar-refractivity contribution in [3.8, 4) is 0 Å². The maximum absolute atomic E-state index is 2.33. The minimum absolute atomic E-state index is 0.805. The fourth-order valence-electron chi connectivity index (χ4n) is 1.66. The molecule has 0 aliphatic carbocycles. The molecule has 0 heteroatoms. The average Bonchev–Trinajstić information content (AvgIpc) is 2.11. The Labute approximate surface area is 82.0 Å². The Bertz CT molecular complexity index is 253. The Balaban J connectivity index is 2.87. The SMILES string of the molecule is CCC(C)Cc1c(C)cccc1C. The normalized spacial score (nSPS) is 12.9. The molecule has 1 rings (SSSR count). The summed E-state index contributed by atoms with van der Waals surface area (Å²) in [6.07, 6.45) is 2.50. The summed E-state index contributed by atoms with van der Waals surface area (Å²) in [6.45, 7) is 9.01. The van der Waals surface area contributed by atoms with Gasteiger partial charge in [0.25, 0.3) is 0 Å². The third kappa shape index (κ3) is 2.58. The lowest BCUT2D eigenvalue weighted by molar-refractivity contribution is 0.557. The summed E-state index contributed by atoms with van der Waals surface area (Å²) in [6, 6.07) is 6.57. The highest BCUT2D eigenvalue weighted by atomic mass is 14.1. The van der Waals surface area contributed by atoms with Gasteiger partial charge in [-0.05, 0) is 42.9 Å². The number of hydrogen-bond acceptors (Lipinski definition) is 0. The van der Waals surface area contributed by atoms with E-state index in [0.29, 0.717) is 0 Å². The Morgan fingerprint density at radius 2 is 1.69 bits per heavy atom. The molecule has 0 aromatic heterocycles. The van der Waals surface area contributed by atoms with E-state index in [2.05, 4.69) is 45.9 Å². The molecule has 72 valence electrons. The zero-order valence-corrected chi connectivity index (χ0v) is 9.22. The van der Waals surface area contributed by atoms with Gasteiger partial charge in [-0.15, -0.1) is 0 Å². The van der Waals surface area contributed by atoms with Crippen molar-refractivity contribution in [2.75, 3.05) is 0 Å². The van der Waals surface area contributed by atoms with Crippen LogP contribution in [-0.4, -0.2) is 0 Å². The van der Waals surface area contributed by atoms with Gasteiger partial charge in [-0.25, -0.2) is 0 Å². The maximum Gasteiger partial charge on any atom is -0.0248 e. The van der Waals surface area contributed by atoms with Crippen LogP contribution in [0.5, 0.6) is 0 Å². The van der Waals surface area contributed by atoms with Crippen molar-refractivity contribution in [2.45, 2.75) is 40.5 Å². The van der Waals surface area contributed by atoms with Gasteiger partial charge in [0.05, 0.1) is 0 Å². The second-order valence-electron chi connectivity index (χ2n) is 4.09. The minimum Gasteiger partial charge on any atom is -0.0651 e. The van der Waals surface area contributed by atoms with Crippen LogP contribution >= 0.6 is 0 Å². The third-order valence-electron chi connectivity index (χ3n) is 2.89. The largest absolute Gasteiger partial charge is 0.0651 e. The van der Waals surface area contributed by atoms with Crippen LogP contribution in [0, 0.1) is 19.8 Å². The molecule has 1 unspecified atom stereocenters. The van der Waals surface area contributed by atoms with E-state index >= 15 is 0 Å². The molecule has 0 heterocycles. The monoisotopic (exact) mass is 176 g/mol. The van der Waals surface area contributed by atoms with Crippen molar-refractivity contribution in [2.24, 2.45) is 5.92 Å². The molecule has 13 heavy (non-hydrogen) atoms. The number of hydrogen-bond donors (Lipinski definition) is 0. The van der Waals surface area contributed by atoms with E-state index in [1.54, 1.807) is 5.56 Å². The Morgan fingerprint density at radius 1 is 1.15 bits per heavy atom. The van der Waals surface area contributed by atoms with Crippen molar-refractivity contribution in [3.63, 3.8) is 0 Å². The second-order valence-corrected chi connectivity index (χ2v) is 4.09. The highest BCUT2D eigenvalue weighted by Gasteiger charge is 2.05. The zero-order chi connectivity index (χ0) is 9.84. The summed E-state index contributed by atoms with van der Waals surface area (Å²) >= 11 is 0. The molecule has 0 spiro atoms. The summed E-state index contributed by atoms with van der Waals surface area (Å²) in [5.74, 6) is 0.805. The summed E-state index contributed by atoms with van der Waals surface area (Å²) in [7, 11) is 0. The van der Waals surface area contributed by atoms with Crippen LogP contribution in [-0.2, 0) is 6.42 Å². The van der Waals surface area contributed by atoms with E-state index in [1.165, 1.54) is 24.0 Å². The van der Waals surface area contributed by atoms with Gasteiger partial charge >= 0.3 is 0 Å². The quantitative estimate of drug-likeness (QED) is 0.655. The molecule has 0 fully saturated rings. The second kappa shape index (κ2) is 4.45. The van der Waals surface area contributed by atoms with Crippen LogP contribution in [0.4, 0.5) is 0 Å². The first-order chi connectivity index (χ1) is 6.15. The fourth-order valence-corrected chi connectivity index (χ4v) is 1.66. The Kier molecular flexibility index (Phi) is 3.53. The first-order valence-corrected chi connectivity index (χ1v) is 5.20. The number of benzene rings is 1. The van der Waals surface area contributed by atoms with Gasteiger partial charge in [0, 0.05) is 0 Å². The number of rotatable bonds is 3. The molecule has 0 saturated carbocycles. The van der Waals surface area contributed by atoms with Gasteiger partial charge in [0.2, 0.25) is 0 Å². The number of aryl methyl sites for hydroxylation is 2. The summed E-state index contributed by atoms with van der Waals surface area (Å²) in [4.78, 5) is 0. The molecule has 1 aromatic rings. The van der Waals surface area contributed by atoms with Gasteiger partial charge < -0.3 is 0 Å². The van der Waals surface area contributed by atoms with Gasteiger partial charge in [-0.3, -0.25) is 0 Å². The van der Waals surface area contributed by atoms with Gasteiger partial charge in [-0.1, -0.05) is 38.5 Å². The Hall–Kier alpha value is -0.780. The molecule has 0 bridgehead atoms. The molecule has 0 radical (unpaired) electrons. The van der Waals surface area contributed by atoms with E-state index in [0.717, 1.165) is 5.92 Å². The molecular formula is C13H20. The third-order valence-corrected chi connectivity index (χ3v) is 2.89. The van der Waals surface area contributed by atoms with Crippen LogP contribution in [0.2, 0.25) is 0 Å². The van der Waals surface area contributed by atoms with E-state index in [9.17, 15) is 0 Å². The van der Waals surface area contributed by atoms with E-state index in [1.807, 2.05) is 0 Å². The Morgan fingerprint density at radius 3 is 2.15 bits per heavy atom. The van der Waals surface area contributed by atoms with Crippen LogP contribution in [0.15, 0.2) is 18.2 Å². The van der Waals surface area contributed by atoms with E-state index in [4.69, 9.17) is 0 Å². The van der Waals surface area contributed by atoms with Crippen LogP contribution in [0.1, 0.15) is 37.0 Å². The predicted octanol–water partition coefficient (Wildman–Crippen LogP) is 3.89. The lowest BCUT2D eigenvalue weighted by atomic mass is 9.92. The van der Waals surface area contributed by atoms with Crippen LogP contribution in [0.3, 0.4) is 0 Å². The fraction of sp³-hybridized carbons (Fsp3) is 0.538. The standard InChI is InChI=1S/C13H20/c1-5-10(2)9-13-11(3)7-6-8-12(13)4/h6-8,10H,5,9H2,1-4H3. The van der Waals surface area contributed by atoms with Gasteiger partial charge in [0.1, 0.15) is 0 Å². The molecule has 0 aliphatic rings. The highest BCUT2D eigenvalue weighted by Crippen LogP contribution is 2.18. The van der Waals surface area contributed by atoms with E-state index < -0.39 is 0 Å². The van der Waals surface area contributed by atoms with Crippen molar-refractivity contribution in [3.05, 3.63) is 34.9 Å². The molecule has 0 amide bonds. The highest BCUT2D eigenvalue weighted by molar-refractivity contribution is 5.33. The van der Waals surface area contributed by atoms with Crippen LogP contribution < -0.4 is 0 Å². The summed E-state index contributed by atoms with van der Waals surface area (Å²) in [5.41, 5.74) is 4.44. The van der Waals surface area contributed by atoms with Crippen molar-refractivity contribution in [1.29, 1.82) is 0 Å². The topological polar surface area (TPSA) is 0 Å². The first-order valence-electron chi connectivity index (χ1n) is 5.20. The van der Waals surface area contributed by atoms with Crippen molar-refractivity contribution < 1.29 is 0 Å². The smallest absolute Gasteiger partial charge is 0.0248 e. The van der Waals surface area contributed by atoms with Crippen molar-refractivity contribution >= 4 is 0 Å². The molecule has 1 atom stereocenters. The van der Waals surface area contributed by atoms with Gasteiger partial charge in [-0.2, -0.15) is 0 Å². The lowest BCUT2D eigenvalue weighted by Crippen LogP contribution is -2.01. The molecule has 0 aliphatic heterocycles. The van der Waals surface area contributed by atoms with Crippen LogP contribution in [0.25, 0.3) is 0 Å². The molecule has 0 nitrogen and oxygen atoms in total. The molecular weight excluding hydrogens is 156 g/mol. The predicted molar refractivity (Wildman–Crippen MR) is 59.1 cm³/mol. The summed E-state index contributed by atoms with van der Waals surface area (Å²) < 4.78 is 0. The van der Waals surface area contributed by atoms with Gasteiger partial charge in [0.15, 0.2) is 0 Å². The van der Waals surface area contributed by atoms with E-state index in [-0.39, 0.29) is 0 Å². The molecule has 0 N–H and O–H groups in total. The molecule has 1 aromatic carbocycles. The van der Waals surface area contributed by atoms with Crippen molar-refractivity contribution in [1.82, 2.24) is 0 Å².